The zero-order valence-electron chi connectivity index (χ0n) is 11.2. The highest BCUT2D eigenvalue weighted by molar-refractivity contribution is 5.97. The van der Waals surface area contributed by atoms with Crippen molar-refractivity contribution in [2.75, 3.05) is 0 Å². The number of halogens is 1. The lowest BCUT2D eigenvalue weighted by molar-refractivity contribution is 0.278. The van der Waals surface area contributed by atoms with Gasteiger partial charge in [-0.2, -0.15) is 0 Å². The fourth-order valence-corrected chi connectivity index (χ4v) is 1.84. The van der Waals surface area contributed by atoms with Crippen LogP contribution in [-0.2, 0) is 13.2 Å². The van der Waals surface area contributed by atoms with Gasteiger partial charge in [0, 0.05) is 5.56 Å². The minimum absolute atomic E-state index is 0.0786. The summed E-state index contributed by atoms with van der Waals surface area (Å²) in [5.74, 6) is -0.101. The summed E-state index contributed by atoms with van der Waals surface area (Å²) >= 11 is 0. The molecule has 0 amide bonds. The third-order valence-electron chi connectivity index (χ3n) is 2.85. The second-order valence-corrected chi connectivity index (χ2v) is 4.43. The van der Waals surface area contributed by atoms with E-state index < -0.39 is 5.82 Å². The van der Waals surface area contributed by atoms with Crippen LogP contribution >= 0.6 is 0 Å². The quantitative estimate of drug-likeness (QED) is 0.340. The van der Waals surface area contributed by atoms with E-state index in [4.69, 9.17) is 20.8 Å². The molecule has 0 unspecified atom stereocenters. The van der Waals surface area contributed by atoms with Crippen molar-refractivity contribution in [1.29, 1.82) is 0 Å². The van der Waals surface area contributed by atoms with Crippen molar-refractivity contribution in [3.63, 3.8) is 0 Å². The molecule has 0 spiro atoms. The Kier molecular flexibility index (Phi) is 4.73. The number of nitrogens with zero attached hydrogens (tertiary/aromatic N) is 1. The fourth-order valence-electron chi connectivity index (χ4n) is 1.84. The van der Waals surface area contributed by atoms with Crippen LogP contribution in [0.5, 0.6) is 5.75 Å². The van der Waals surface area contributed by atoms with Crippen LogP contribution in [0.1, 0.15) is 16.7 Å². The summed E-state index contributed by atoms with van der Waals surface area (Å²) < 4.78 is 19.0. The maximum Gasteiger partial charge on any atom is 0.170 e. The summed E-state index contributed by atoms with van der Waals surface area (Å²) in [6, 6.07) is 11.0. The maximum absolute atomic E-state index is 13.5. The molecule has 0 bridgehead atoms. The Bertz CT molecular complexity index is 659. The van der Waals surface area contributed by atoms with E-state index in [2.05, 4.69) is 5.16 Å². The summed E-state index contributed by atoms with van der Waals surface area (Å²) in [6.45, 7) is 0.0448. The van der Waals surface area contributed by atoms with Crippen LogP contribution in [0, 0.1) is 5.82 Å². The smallest absolute Gasteiger partial charge is 0.170 e. The van der Waals surface area contributed by atoms with Crippen molar-refractivity contribution in [2.24, 2.45) is 10.9 Å². The molecule has 0 radical (unpaired) electrons. The minimum atomic E-state index is -0.498. The van der Waals surface area contributed by atoms with Gasteiger partial charge in [-0.25, -0.2) is 4.39 Å². The minimum Gasteiger partial charge on any atom is -0.489 e. The van der Waals surface area contributed by atoms with E-state index >= 15 is 0 Å². The lowest BCUT2D eigenvalue weighted by Gasteiger charge is -2.09. The summed E-state index contributed by atoms with van der Waals surface area (Å²) in [7, 11) is 0. The third-order valence-corrected chi connectivity index (χ3v) is 2.85. The summed E-state index contributed by atoms with van der Waals surface area (Å²) in [5, 5.41) is 20.5. The zero-order chi connectivity index (χ0) is 15.2. The van der Waals surface area contributed by atoms with Crippen molar-refractivity contribution in [1.82, 2.24) is 0 Å². The van der Waals surface area contributed by atoms with E-state index in [0.717, 1.165) is 5.56 Å². The molecule has 5 nitrogen and oxygen atoms in total. The van der Waals surface area contributed by atoms with Crippen LogP contribution in [0.25, 0.3) is 0 Å². The van der Waals surface area contributed by atoms with Crippen molar-refractivity contribution in [3.05, 3.63) is 65.0 Å². The fraction of sp³-hybridized carbons (Fsp3) is 0.133. The molecule has 0 aliphatic carbocycles. The molecule has 21 heavy (non-hydrogen) atoms. The van der Waals surface area contributed by atoms with Crippen LogP contribution in [0.3, 0.4) is 0 Å². The monoisotopic (exact) mass is 290 g/mol. The summed E-state index contributed by atoms with van der Waals surface area (Å²) in [5.41, 5.74) is 6.99. The average molecular weight is 290 g/mol. The van der Waals surface area contributed by atoms with Crippen molar-refractivity contribution < 1.29 is 19.4 Å². The summed E-state index contributed by atoms with van der Waals surface area (Å²) in [6.07, 6.45) is 0. The van der Waals surface area contributed by atoms with Gasteiger partial charge in [0.2, 0.25) is 0 Å². The molecule has 0 fully saturated rings. The van der Waals surface area contributed by atoms with Crippen LogP contribution in [0.4, 0.5) is 4.39 Å². The van der Waals surface area contributed by atoms with Crippen LogP contribution < -0.4 is 10.5 Å². The van der Waals surface area contributed by atoms with E-state index in [9.17, 15) is 4.39 Å². The Labute approximate surface area is 121 Å². The second kappa shape index (κ2) is 6.71. The standard InChI is InChI=1S/C15H15FN2O3/c16-13-5-11(4-12(7-13)15(17)18-20)9-21-14-3-1-2-10(6-14)8-19/h1-7,19-20H,8-9H2,(H2,17,18). The van der Waals surface area contributed by atoms with Gasteiger partial charge >= 0.3 is 0 Å². The first-order valence-electron chi connectivity index (χ1n) is 6.22. The van der Waals surface area contributed by atoms with Crippen LogP contribution in [0.2, 0.25) is 0 Å². The Morgan fingerprint density at radius 2 is 2.00 bits per heavy atom. The number of hydrogen-bond acceptors (Lipinski definition) is 4. The molecule has 110 valence electrons. The van der Waals surface area contributed by atoms with Gasteiger partial charge in [-0.05, 0) is 41.5 Å². The van der Waals surface area contributed by atoms with Gasteiger partial charge < -0.3 is 20.8 Å². The summed E-state index contributed by atoms with van der Waals surface area (Å²) in [4.78, 5) is 0. The number of hydrogen-bond donors (Lipinski definition) is 3. The Morgan fingerprint density at radius 1 is 1.19 bits per heavy atom. The number of rotatable bonds is 5. The number of benzene rings is 2. The number of aliphatic hydroxyl groups excluding tert-OH is 1. The first kappa shape index (κ1) is 14.8. The Hall–Kier alpha value is -2.60. The van der Waals surface area contributed by atoms with E-state index in [1.54, 1.807) is 30.3 Å². The molecule has 4 N–H and O–H groups in total. The Morgan fingerprint density at radius 3 is 2.71 bits per heavy atom. The molecule has 0 aromatic heterocycles. The van der Waals surface area contributed by atoms with Gasteiger partial charge in [0.1, 0.15) is 18.2 Å². The molecule has 2 rings (SSSR count). The second-order valence-electron chi connectivity index (χ2n) is 4.43. The SMILES string of the molecule is N/C(=N/O)c1cc(F)cc(COc2cccc(CO)c2)c1. The van der Waals surface area contributed by atoms with Crippen LogP contribution in [-0.4, -0.2) is 16.1 Å². The largest absolute Gasteiger partial charge is 0.489 e. The lowest BCUT2D eigenvalue weighted by Crippen LogP contribution is -2.14. The van der Waals surface area contributed by atoms with Gasteiger partial charge in [-0.1, -0.05) is 17.3 Å². The first-order chi connectivity index (χ1) is 10.1. The molecule has 2 aromatic carbocycles. The third kappa shape index (κ3) is 3.93. The predicted octanol–water partition coefficient (Wildman–Crippen LogP) is 1.99. The number of aliphatic hydroxyl groups is 1. The number of ether oxygens (including phenoxy) is 1. The number of oxime groups is 1. The highest BCUT2D eigenvalue weighted by atomic mass is 19.1. The van der Waals surface area contributed by atoms with Gasteiger partial charge in [-0.15, -0.1) is 0 Å². The van der Waals surface area contributed by atoms with Gasteiger partial charge in [0.25, 0.3) is 0 Å². The van der Waals surface area contributed by atoms with Crippen molar-refractivity contribution >= 4 is 5.84 Å². The molecule has 0 heterocycles. The molecular weight excluding hydrogens is 275 g/mol. The van der Waals surface area contributed by atoms with Crippen LogP contribution in [0.15, 0.2) is 47.6 Å². The zero-order valence-corrected chi connectivity index (χ0v) is 11.2. The predicted molar refractivity (Wildman–Crippen MR) is 75.6 cm³/mol. The molecule has 0 aliphatic heterocycles. The molecule has 2 aromatic rings. The van der Waals surface area contributed by atoms with Gasteiger partial charge in [-0.3, -0.25) is 0 Å². The van der Waals surface area contributed by atoms with E-state index in [1.807, 2.05) is 0 Å². The average Bonchev–Trinajstić information content (AvgIpc) is 2.51. The lowest BCUT2D eigenvalue weighted by atomic mass is 10.1. The van der Waals surface area contributed by atoms with Crippen molar-refractivity contribution in [3.8, 4) is 5.75 Å². The molecular formula is C15H15FN2O3. The van der Waals surface area contributed by atoms with E-state index in [0.29, 0.717) is 11.3 Å². The molecule has 0 saturated heterocycles. The molecule has 0 atom stereocenters. The van der Waals surface area contributed by atoms with Gasteiger partial charge in [0.05, 0.1) is 6.61 Å². The van der Waals surface area contributed by atoms with Gasteiger partial charge in [0.15, 0.2) is 5.84 Å². The molecule has 6 heteroatoms. The first-order valence-corrected chi connectivity index (χ1v) is 6.22. The highest BCUT2D eigenvalue weighted by Crippen LogP contribution is 2.16. The highest BCUT2D eigenvalue weighted by Gasteiger charge is 2.06. The maximum atomic E-state index is 13.5. The Balaban J connectivity index is 2.14. The topological polar surface area (TPSA) is 88.1 Å². The molecule has 0 saturated carbocycles. The van der Waals surface area contributed by atoms with E-state index in [-0.39, 0.29) is 24.6 Å². The normalized spacial score (nSPS) is 11.4. The van der Waals surface area contributed by atoms with E-state index in [1.165, 1.54) is 12.1 Å². The number of amidine groups is 1. The van der Waals surface area contributed by atoms with Crippen molar-refractivity contribution in [2.45, 2.75) is 13.2 Å². The molecule has 0 aliphatic rings. The number of nitrogens with two attached hydrogens (primary N) is 1.